The fourth-order valence-electron chi connectivity index (χ4n) is 2.47. The highest BCUT2D eigenvalue weighted by Crippen LogP contribution is 2.48. The van der Waals surface area contributed by atoms with Crippen molar-refractivity contribution in [2.24, 2.45) is 5.92 Å². The van der Waals surface area contributed by atoms with Crippen LogP contribution < -0.4 is 4.72 Å². The summed E-state index contributed by atoms with van der Waals surface area (Å²) in [5.74, 6) is -3.77. The fourth-order valence-corrected chi connectivity index (χ4v) is 3.68. The molecule has 2 unspecified atom stereocenters. The predicted octanol–water partition coefficient (Wildman–Crippen LogP) is 1.77. The SMILES string of the molecule is CCN(CC)S(=O)(=O)NC(=O)C1CC1c1cccc(F)c1F. The molecule has 1 aromatic rings. The Balaban J connectivity index is 2.07. The van der Waals surface area contributed by atoms with Gasteiger partial charge in [0.05, 0.1) is 0 Å². The first-order valence-electron chi connectivity index (χ1n) is 7.07. The molecule has 0 aromatic heterocycles. The van der Waals surface area contributed by atoms with Gasteiger partial charge in [0, 0.05) is 19.0 Å². The van der Waals surface area contributed by atoms with Crippen molar-refractivity contribution >= 4 is 16.1 Å². The standard InChI is InChI=1S/C14H18F2N2O3S/c1-3-18(4-2)22(20,21)17-14(19)11-8-10(11)9-6-5-7-12(15)13(9)16/h5-7,10-11H,3-4,8H2,1-2H3,(H,17,19). The molecule has 1 amide bonds. The lowest BCUT2D eigenvalue weighted by Gasteiger charge is -2.18. The summed E-state index contributed by atoms with van der Waals surface area (Å²) in [5.41, 5.74) is 0.111. The van der Waals surface area contributed by atoms with Crippen LogP contribution in [0.2, 0.25) is 0 Å². The largest absolute Gasteiger partial charge is 0.303 e. The number of carbonyl (C=O) groups is 1. The molecule has 0 aliphatic heterocycles. The molecule has 0 spiro atoms. The average Bonchev–Trinajstić information content (AvgIpc) is 3.22. The normalized spacial score (nSPS) is 21.0. The quantitative estimate of drug-likeness (QED) is 0.863. The number of amides is 1. The van der Waals surface area contributed by atoms with Crippen LogP contribution in [0.15, 0.2) is 18.2 Å². The third kappa shape index (κ3) is 3.27. The molecule has 2 rings (SSSR count). The minimum absolute atomic E-state index is 0.111. The number of rotatable bonds is 6. The van der Waals surface area contributed by atoms with Gasteiger partial charge in [-0.1, -0.05) is 26.0 Å². The lowest BCUT2D eigenvalue weighted by Crippen LogP contribution is -2.44. The lowest BCUT2D eigenvalue weighted by molar-refractivity contribution is -0.120. The summed E-state index contributed by atoms with van der Waals surface area (Å²) in [4.78, 5) is 12.0. The van der Waals surface area contributed by atoms with E-state index in [2.05, 4.69) is 0 Å². The Morgan fingerprint density at radius 3 is 2.55 bits per heavy atom. The third-order valence-electron chi connectivity index (χ3n) is 3.78. The Bertz CT molecular complexity index is 675. The molecule has 1 saturated carbocycles. The number of hydrogen-bond donors (Lipinski definition) is 1. The number of carbonyl (C=O) groups excluding carboxylic acids is 1. The van der Waals surface area contributed by atoms with Gasteiger partial charge in [-0.25, -0.2) is 13.5 Å². The van der Waals surface area contributed by atoms with E-state index < -0.39 is 39.6 Å². The summed E-state index contributed by atoms with van der Waals surface area (Å²) in [6.07, 6.45) is 0.306. The van der Waals surface area contributed by atoms with E-state index in [0.29, 0.717) is 6.42 Å². The van der Waals surface area contributed by atoms with Crippen molar-refractivity contribution in [3.63, 3.8) is 0 Å². The van der Waals surface area contributed by atoms with Gasteiger partial charge in [0.25, 0.3) is 0 Å². The molecule has 0 saturated heterocycles. The van der Waals surface area contributed by atoms with Crippen molar-refractivity contribution in [2.75, 3.05) is 13.1 Å². The van der Waals surface area contributed by atoms with Crippen LogP contribution in [0.4, 0.5) is 8.78 Å². The molecule has 1 N–H and O–H groups in total. The zero-order valence-electron chi connectivity index (χ0n) is 12.3. The molecule has 5 nitrogen and oxygen atoms in total. The number of nitrogens with zero attached hydrogens (tertiary/aromatic N) is 1. The van der Waals surface area contributed by atoms with Crippen LogP contribution in [-0.4, -0.2) is 31.7 Å². The summed E-state index contributed by atoms with van der Waals surface area (Å²) < 4.78 is 53.9. The van der Waals surface area contributed by atoms with Crippen molar-refractivity contribution < 1.29 is 22.0 Å². The first-order valence-corrected chi connectivity index (χ1v) is 8.51. The van der Waals surface area contributed by atoms with Crippen LogP contribution >= 0.6 is 0 Å². The van der Waals surface area contributed by atoms with Gasteiger partial charge in [0.2, 0.25) is 5.91 Å². The second-order valence-electron chi connectivity index (χ2n) is 5.15. The molecule has 1 fully saturated rings. The summed E-state index contributed by atoms with van der Waals surface area (Å²) in [5, 5.41) is 0. The van der Waals surface area contributed by atoms with Crippen LogP contribution in [-0.2, 0) is 15.0 Å². The van der Waals surface area contributed by atoms with Crippen LogP contribution in [0, 0.1) is 17.6 Å². The van der Waals surface area contributed by atoms with Gasteiger partial charge in [-0.3, -0.25) is 4.79 Å². The van der Waals surface area contributed by atoms with Gasteiger partial charge < -0.3 is 0 Å². The van der Waals surface area contributed by atoms with Gasteiger partial charge >= 0.3 is 10.2 Å². The van der Waals surface area contributed by atoms with Gasteiger partial charge in [-0.05, 0) is 24.0 Å². The van der Waals surface area contributed by atoms with Crippen molar-refractivity contribution in [3.05, 3.63) is 35.4 Å². The molecule has 2 atom stereocenters. The van der Waals surface area contributed by atoms with E-state index in [0.717, 1.165) is 10.4 Å². The van der Waals surface area contributed by atoms with Crippen LogP contribution in [0.3, 0.4) is 0 Å². The van der Waals surface area contributed by atoms with Gasteiger partial charge in [0.1, 0.15) is 0 Å². The molecule has 122 valence electrons. The zero-order valence-corrected chi connectivity index (χ0v) is 13.2. The smallest absolute Gasteiger partial charge is 0.274 e. The monoisotopic (exact) mass is 332 g/mol. The molecule has 0 heterocycles. The maximum atomic E-state index is 13.7. The highest BCUT2D eigenvalue weighted by atomic mass is 32.2. The van der Waals surface area contributed by atoms with E-state index in [4.69, 9.17) is 0 Å². The molecule has 1 aliphatic carbocycles. The first-order chi connectivity index (χ1) is 10.3. The second-order valence-corrected chi connectivity index (χ2v) is 6.82. The average molecular weight is 332 g/mol. The minimum atomic E-state index is -3.88. The topological polar surface area (TPSA) is 66.5 Å². The van der Waals surface area contributed by atoms with Crippen LogP contribution in [0.5, 0.6) is 0 Å². The van der Waals surface area contributed by atoms with Crippen LogP contribution in [0.1, 0.15) is 31.7 Å². The first kappa shape index (κ1) is 16.8. The Kier molecular flexibility index (Phi) is 4.81. The Morgan fingerprint density at radius 2 is 1.95 bits per heavy atom. The number of benzene rings is 1. The fraction of sp³-hybridized carbons (Fsp3) is 0.500. The second kappa shape index (κ2) is 6.29. The molecule has 1 aliphatic rings. The van der Waals surface area contributed by atoms with E-state index in [1.165, 1.54) is 12.1 Å². The molecule has 1 aromatic carbocycles. The number of halogens is 2. The maximum Gasteiger partial charge on any atom is 0.303 e. The van der Waals surface area contributed by atoms with Gasteiger partial charge in [-0.2, -0.15) is 12.7 Å². The lowest BCUT2D eigenvalue weighted by atomic mass is 10.1. The van der Waals surface area contributed by atoms with Gasteiger partial charge in [0.15, 0.2) is 11.6 Å². The highest BCUT2D eigenvalue weighted by molar-refractivity contribution is 7.87. The van der Waals surface area contributed by atoms with Crippen molar-refractivity contribution in [1.29, 1.82) is 0 Å². The Labute approximate surface area is 128 Å². The highest BCUT2D eigenvalue weighted by Gasteiger charge is 2.46. The summed E-state index contributed by atoms with van der Waals surface area (Å²) >= 11 is 0. The van der Waals surface area contributed by atoms with Gasteiger partial charge in [-0.15, -0.1) is 0 Å². The molecule has 0 bridgehead atoms. The predicted molar refractivity (Wildman–Crippen MR) is 77.2 cm³/mol. The van der Waals surface area contributed by atoms with E-state index in [1.807, 2.05) is 4.72 Å². The van der Waals surface area contributed by atoms with E-state index in [1.54, 1.807) is 13.8 Å². The number of hydrogen-bond acceptors (Lipinski definition) is 3. The molecular weight excluding hydrogens is 314 g/mol. The molecular formula is C14H18F2N2O3S. The Hall–Kier alpha value is -1.54. The minimum Gasteiger partial charge on any atom is -0.274 e. The summed E-state index contributed by atoms with van der Waals surface area (Å²) in [7, 11) is -3.88. The van der Waals surface area contributed by atoms with Crippen molar-refractivity contribution in [1.82, 2.24) is 9.03 Å². The zero-order chi connectivity index (χ0) is 16.5. The van der Waals surface area contributed by atoms with E-state index in [-0.39, 0.29) is 18.7 Å². The van der Waals surface area contributed by atoms with Crippen molar-refractivity contribution in [3.8, 4) is 0 Å². The van der Waals surface area contributed by atoms with Crippen LogP contribution in [0.25, 0.3) is 0 Å². The molecule has 22 heavy (non-hydrogen) atoms. The molecule has 8 heteroatoms. The summed E-state index contributed by atoms with van der Waals surface area (Å²) in [6.45, 7) is 3.81. The molecule has 0 radical (unpaired) electrons. The van der Waals surface area contributed by atoms with Crippen molar-refractivity contribution in [2.45, 2.75) is 26.2 Å². The maximum absolute atomic E-state index is 13.7. The summed E-state index contributed by atoms with van der Waals surface area (Å²) in [6, 6.07) is 3.78. The number of nitrogens with one attached hydrogen (secondary N) is 1. The Morgan fingerprint density at radius 1 is 1.32 bits per heavy atom. The van der Waals surface area contributed by atoms with E-state index >= 15 is 0 Å². The van der Waals surface area contributed by atoms with E-state index in [9.17, 15) is 22.0 Å². The third-order valence-corrected chi connectivity index (χ3v) is 5.44.